The highest BCUT2D eigenvalue weighted by atomic mass is 35.5. The standard InChI is InChI=1S/C13H17Cl2NO/c1-8(2)16-12(17)13(3,4)9-5-10(14)7-11(15)6-9/h5-8H,1-4H3,(H,16,17). The molecule has 0 aliphatic rings. The van der Waals surface area contributed by atoms with E-state index in [0.29, 0.717) is 10.0 Å². The van der Waals surface area contributed by atoms with Crippen LogP contribution in [0.5, 0.6) is 0 Å². The highest BCUT2D eigenvalue weighted by molar-refractivity contribution is 6.34. The molecule has 0 unspecified atom stereocenters. The molecule has 0 aromatic heterocycles. The van der Waals surface area contributed by atoms with E-state index in [-0.39, 0.29) is 11.9 Å². The van der Waals surface area contributed by atoms with Gasteiger partial charge >= 0.3 is 0 Å². The summed E-state index contributed by atoms with van der Waals surface area (Å²) in [5.41, 5.74) is 0.159. The fourth-order valence-electron chi connectivity index (χ4n) is 1.49. The Morgan fingerprint density at radius 1 is 1.18 bits per heavy atom. The summed E-state index contributed by atoms with van der Waals surface area (Å²) in [6, 6.07) is 5.31. The fraction of sp³-hybridized carbons (Fsp3) is 0.462. The number of halogens is 2. The predicted molar refractivity (Wildman–Crippen MR) is 72.8 cm³/mol. The van der Waals surface area contributed by atoms with Crippen molar-refractivity contribution in [1.82, 2.24) is 5.32 Å². The molecule has 17 heavy (non-hydrogen) atoms. The Bertz CT molecular complexity index is 407. The van der Waals surface area contributed by atoms with Crippen molar-refractivity contribution in [2.75, 3.05) is 0 Å². The molecule has 1 aromatic rings. The molecule has 0 saturated heterocycles. The quantitative estimate of drug-likeness (QED) is 0.892. The average Bonchev–Trinajstić information content (AvgIpc) is 2.14. The zero-order valence-corrected chi connectivity index (χ0v) is 12.0. The third-order valence-electron chi connectivity index (χ3n) is 2.57. The highest BCUT2D eigenvalue weighted by Crippen LogP contribution is 2.29. The zero-order valence-electron chi connectivity index (χ0n) is 10.5. The van der Waals surface area contributed by atoms with Crippen LogP contribution in [0.25, 0.3) is 0 Å². The average molecular weight is 274 g/mol. The SMILES string of the molecule is CC(C)NC(=O)C(C)(C)c1cc(Cl)cc(Cl)c1. The minimum atomic E-state index is -0.654. The summed E-state index contributed by atoms with van der Waals surface area (Å²) >= 11 is 11.9. The summed E-state index contributed by atoms with van der Waals surface area (Å²) in [5.74, 6) is -0.0363. The van der Waals surface area contributed by atoms with Gasteiger partial charge in [0.1, 0.15) is 0 Å². The minimum Gasteiger partial charge on any atom is -0.353 e. The van der Waals surface area contributed by atoms with Crippen molar-refractivity contribution in [3.05, 3.63) is 33.8 Å². The van der Waals surface area contributed by atoms with E-state index in [0.717, 1.165) is 5.56 Å². The van der Waals surface area contributed by atoms with E-state index >= 15 is 0 Å². The summed E-state index contributed by atoms with van der Waals surface area (Å²) < 4.78 is 0. The van der Waals surface area contributed by atoms with Gasteiger partial charge in [0.05, 0.1) is 5.41 Å². The van der Waals surface area contributed by atoms with E-state index in [9.17, 15) is 4.79 Å². The second-order valence-electron chi connectivity index (χ2n) is 4.91. The maximum Gasteiger partial charge on any atom is 0.230 e. The third kappa shape index (κ3) is 3.62. The number of nitrogens with one attached hydrogen (secondary N) is 1. The van der Waals surface area contributed by atoms with Crippen LogP contribution in [0.1, 0.15) is 33.3 Å². The van der Waals surface area contributed by atoms with Crippen LogP contribution < -0.4 is 5.32 Å². The molecule has 0 fully saturated rings. The lowest BCUT2D eigenvalue weighted by Crippen LogP contribution is -2.43. The van der Waals surface area contributed by atoms with E-state index in [4.69, 9.17) is 23.2 Å². The van der Waals surface area contributed by atoms with Gasteiger partial charge in [0.15, 0.2) is 0 Å². The molecule has 0 bridgehead atoms. The lowest BCUT2D eigenvalue weighted by molar-refractivity contribution is -0.126. The molecule has 1 rings (SSSR count). The van der Waals surface area contributed by atoms with Gasteiger partial charge in [-0.1, -0.05) is 23.2 Å². The Hall–Kier alpha value is -0.730. The molecule has 0 radical (unpaired) electrons. The van der Waals surface area contributed by atoms with Crippen molar-refractivity contribution in [3.63, 3.8) is 0 Å². The van der Waals surface area contributed by atoms with Crippen molar-refractivity contribution in [2.24, 2.45) is 0 Å². The molecule has 0 aliphatic carbocycles. The number of benzene rings is 1. The molecule has 0 atom stereocenters. The van der Waals surface area contributed by atoms with Crippen molar-refractivity contribution >= 4 is 29.1 Å². The Morgan fingerprint density at radius 3 is 2.06 bits per heavy atom. The second-order valence-corrected chi connectivity index (χ2v) is 5.78. The molecule has 4 heteroatoms. The lowest BCUT2D eigenvalue weighted by atomic mass is 9.83. The first-order valence-corrected chi connectivity index (χ1v) is 6.26. The molecule has 0 spiro atoms. The molecule has 1 aromatic carbocycles. The third-order valence-corrected chi connectivity index (χ3v) is 3.01. The normalized spacial score (nSPS) is 11.7. The maximum absolute atomic E-state index is 12.1. The van der Waals surface area contributed by atoms with Gasteiger partial charge in [-0.2, -0.15) is 0 Å². The van der Waals surface area contributed by atoms with Gasteiger partial charge in [0, 0.05) is 16.1 Å². The fourth-order valence-corrected chi connectivity index (χ4v) is 2.01. The number of amides is 1. The van der Waals surface area contributed by atoms with Crippen molar-refractivity contribution < 1.29 is 4.79 Å². The van der Waals surface area contributed by atoms with Gasteiger partial charge in [-0.15, -0.1) is 0 Å². The topological polar surface area (TPSA) is 29.1 Å². The Morgan fingerprint density at radius 2 is 1.65 bits per heavy atom. The maximum atomic E-state index is 12.1. The van der Waals surface area contributed by atoms with Crippen LogP contribution in [0.4, 0.5) is 0 Å². The monoisotopic (exact) mass is 273 g/mol. The van der Waals surface area contributed by atoms with Crippen molar-refractivity contribution in [3.8, 4) is 0 Å². The number of hydrogen-bond donors (Lipinski definition) is 1. The van der Waals surface area contributed by atoms with Crippen LogP contribution in [0.2, 0.25) is 10.0 Å². The van der Waals surface area contributed by atoms with Crippen LogP contribution in [0.3, 0.4) is 0 Å². The van der Waals surface area contributed by atoms with Crippen LogP contribution in [-0.2, 0) is 10.2 Å². The molecule has 0 saturated carbocycles. The summed E-state index contributed by atoms with van der Waals surface area (Å²) in [6.07, 6.45) is 0. The molecule has 2 nitrogen and oxygen atoms in total. The number of carbonyl (C=O) groups is 1. The number of carbonyl (C=O) groups excluding carboxylic acids is 1. The lowest BCUT2D eigenvalue weighted by Gasteiger charge is -2.26. The first-order valence-electron chi connectivity index (χ1n) is 5.51. The van der Waals surface area contributed by atoms with E-state index in [2.05, 4.69) is 5.32 Å². The zero-order chi connectivity index (χ0) is 13.2. The Labute approximate surface area is 112 Å². The van der Waals surface area contributed by atoms with Crippen LogP contribution in [0.15, 0.2) is 18.2 Å². The molecule has 0 heterocycles. The molecular weight excluding hydrogens is 257 g/mol. The number of rotatable bonds is 3. The summed E-state index contributed by atoms with van der Waals surface area (Å²) in [7, 11) is 0. The summed E-state index contributed by atoms with van der Waals surface area (Å²) in [5, 5.41) is 3.97. The minimum absolute atomic E-state index is 0.0363. The molecule has 0 aliphatic heterocycles. The molecule has 94 valence electrons. The second kappa shape index (κ2) is 5.28. The number of hydrogen-bond acceptors (Lipinski definition) is 1. The molecule has 1 amide bonds. The van der Waals surface area contributed by atoms with Crippen LogP contribution >= 0.6 is 23.2 Å². The Balaban J connectivity index is 3.07. The van der Waals surface area contributed by atoms with E-state index < -0.39 is 5.41 Å². The highest BCUT2D eigenvalue weighted by Gasteiger charge is 2.30. The Kier molecular flexibility index (Phi) is 4.45. The van der Waals surface area contributed by atoms with E-state index in [1.54, 1.807) is 18.2 Å². The van der Waals surface area contributed by atoms with Gasteiger partial charge < -0.3 is 5.32 Å². The van der Waals surface area contributed by atoms with Crippen LogP contribution in [0, 0.1) is 0 Å². The summed E-state index contributed by atoms with van der Waals surface area (Å²) in [6.45, 7) is 7.57. The summed E-state index contributed by atoms with van der Waals surface area (Å²) in [4.78, 5) is 12.1. The first-order chi connectivity index (χ1) is 7.73. The van der Waals surface area contributed by atoms with Gasteiger partial charge in [-0.05, 0) is 51.5 Å². The van der Waals surface area contributed by atoms with Gasteiger partial charge in [0.25, 0.3) is 0 Å². The largest absolute Gasteiger partial charge is 0.353 e. The smallest absolute Gasteiger partial charge is 0.230 e. The van der Waals surface area contributed by atoms with E-state index in [1.807, 2.05) is 27.7 Å². The van der Waals surface area contributed by atoms with Crippen LogP contribution in [-0.4, -0.2) is 11.9 Å². The first kappa shape index (κ1) is 14.3. The van der Waals surface area contributed by atoms with Gasteiger partial charge in [-0.25, -0.2) is 0 Å². The van der Waals surface area contributed by atoms with E-state index in [1.165, 1.54) is 0 Å². The molecular formula is C13H17Cl2NO. The molecule has 1 N–H and O–H groups in total. The van der Waals surface area contributed by atoms with Crippen molar-refractivity contribution in [1.29, 1.82) is 0 Å². The van der Waals surface area contributed by atoms with Gasteiger partial charge in [0.2, 0.25) is 5.91 Å². The van der Waals surface area contributed by atoms with Gasteiger partial charge in [-0.3, -0.25) is 4.79 Å². The predicted octanol–water partition coefficient (Wildman–Crippen LogP) is 3.80. The van der Waals surface area contributed by atoms with Crippen molar-refractivity contribution in [2.45, 2.75) is 39.2 Å².